The lowest BCUT2D eigenvalue weighted by molar-refractivity contribution is -0.119. The van der Waals surface area contributed by atoms with Crippen LogP contribution < -0.4 is 0 Å². The maximum absolute atomic E-state index is 11.3. The topological polar surface area (TPSA) is 26.3 Å². The summed E-state index contributed by atoms with van der Waals surface area (Å²) in [7, 11) is 0. The van der Waals surface area contributed by atoms with Crippen LogP contribution in [0.4, 0.5) is 0 Å². The molecule has 11 heavy (non-hydrogen) atoms. The molecule has 0 radical (unpaired) electrons. The molecular weight excluding hydrogens is 140 g/mol. The number of carbonyl (C=O) groups is 1. The van der Waals surface area contributed by atoms with Crippen LogP contribution >= 0.6 is 0 Å². The number of hydrogen-bond acceptors (Lipinski definition) is 2. The number of carbonyl (C=O) groups excluding carboxylic acids is 1. The van der Waals surface area contributed by atoms with Gasteiger partial charge in [-0.05, 0) is 19.8 Å². The van der Waals surface area contributed by atoms with Crippen molar-refractivity contribution in [3.05, 3.63) is 11.3 Å². The molecule has 1 unspecified atom stereocenters. The summed E-state index contributed by atoms with van der Waals surface area (Å²) in [6, 6.07) is 0. The molecule has 0 saturated carbocycles. The first-order valence-electron chi connectivity index (χ1n) is 4.19. The molecule has 0 aromatic heterocycles. The Morgan fingerprint density at radius 2 is 2.27 bits per heavy atom. The van der Waals surface area contributed by atoms with Crippen LogP contribution in [0.1, 0.15) is 32.6 Å². The molecule has 1 heterocycles. The van der Waals surface area contributed by atoms with Crippen LogP contribution in [0.3, 0.4) is 0 Å². The van der Waals surface area contributed by atoms with E-state index in [9.17, 15) is 4.79 Å². The standard InChI is InChI=1S/C9H12O2/c1-6-5-8(10)7-3-2-4-9(7)11-6/h6H,2-5H2,1H3. The van der Waals surface area contributed by atoms with Crippen molar-refractivity contribution in [1.82, 2.24) is 0 Å². The maximum Gasteiger partial charge on any atom is 0.165 e. The first-order chi connectivity index (χ1) is 5.27. The van der Waals surface area contributed by atoms with Gasteiger partial charge in [-0.15, -0.1) is 0 Å². The van der Waals surface area contributed by atoms with E-state index in [-0.39, 0.29) is 6.10 Å². The lowest BCUT2D eigenvalue weighted by atomic mass is 10.0. The highest BCUT2D eigenvalue weighted by Crippen LogP contribution is 2.33. The zero-order valence-corrected chi connectivity index (χ0v) is 6.72. The largest absolute Gasteiger partial charge is 0.494 e. The lowest BCUT2D eigenvalue weighted by Crippen LogP contribution is -2.21. The normalized spacial score (nSPS) is 30.3. The highest BCUT2D eigenvalue weighted by Gasteiger charge is 2.29. The number of allylic oxidation sites excluding steroid dienone is 2. The summed E-state index contributed by atoms with van der Waals surface area (Å²) in [4.78, 5) is 11.3. The first kappa shape index (κ1) is 6.89. The SMILES string of the molecule is CC1CC(=O)C2=C(CCC2)O1. The van der Waals surface area contributed by atoms with Gasteiger partial charge in [-0.2, -0.15) is 0 Å². The molecule has 0 fully saturated rings. The average Bonchev–Trinajstić information content (AvgIpc) is 2.34. The molecular formula is C9H12O2. The molecule has 2 heteroatoms. The number of Topliss-reactive ketones (excluding diaryl/α,β-unsaturated/α-hetero) is 1. The van der Waals surface area contributed by atoms with Crippen LogP contribution in [-0.4, -0.2) is 11.9 Å². The van der Waals surface area contributed by atoms with E-state index in [1.807, 2.05) is 6.92 Å². The van der Waals surface area contributed by atoms with Crippen LogP contribution in [0.5, 0.6) is 0 Å². The summed E-state index contributed by atoms with van der Waals surface area (Å²) in [6.45, 7) is 1.96. The summed E-state index contributed by atoms with van der Waals surface area (Å²) >= 11 is 0. The molecule has 2 aliphatic rings. The summed E-state index contributed by atoms with van der Waals surface area (Å²) in [5, 5.41) is 0. The minimum Gasteiger partial charge on any atom is -0.494 e. The Hall–Kier alpha value is -0.790. The van der Waals surface area contributed by atoms with E-state index < -0.39 is 0 Å². The van der Waals surface area contributed by atoms with Crippen LogP contribution in [0.2, 0.25) is 0 Å². The smallest absolute Gasteiger partial charge is 0.165 e. The zero-order chi connectivity index (χ0) is 7.84. The molecule has 0 spiro atoms. The third-order valence-corrected chi connectivity index (χ3v) is 2.32. The molecule has 2 nitrogen and oxygen atoms in total. The third kappa shape index (κ3) is 1.06. The van der Waals surface area contributed by atoms with Gasteiger partial charge in [0.05, 0.1) is 0 Å². The van der Waals surface area contributed by atoms with Gasteiger partial charge in [0.1, 0.15) is 11.9 Å². The van der Waals surface area contributed by atoms with E-state index in [4.69, 9.17) is 4.74 Å². The minimum absolute atomic E-state index is 0.111. The highest BCUT2D eigenvalue weighted by molar-refractivity contribution is 5.97. The molecule has 60 valence electrons. The molecule has 0 amide bonds. The van der Waals surface area contributed by atoms with Gasteiger partial charge in [-0.25, -0.2) is 0 Å². The fourth-order valence-electron chi connectivity index (χ4n) is 1.81. The van der Waals surface area contributed by atoms with Gasteiger partial charge in [0.25, 0.3) is 0 Å². The van der Waals surface area contributed by atoms with Gasteiger partial charge < -0.3 is 4.74 Å². The van der Waals surface area contributed by atoms with E-state index >= 15 is 0 Å². The van der Waals surface area contributed by atoms with E-state index in [1.54, 1.807) is 0 Å². The van der Waals surface area contributed by atoms with Crippen molar-refractivity contribution < 1.29 is 9.53 Å². The molecule has 2 rings (SSSR count). The second-order valence-corrected chi connectivity index (χ2v) is 3.31. The Morgan fingerprint density at radius 3 is 3.09 bits per heavy atom. The van der Waals surface area contributed by atoms with Gasteiger partial charge >= 0.3 is 0 Å². The van der Waals surface area contributed by atoms with E-state index in [2.05, 4.69) is 0 Å². The molecule has 0 aromatic rings. The van der Waals surface area contributed by atoms with Crippen molar-refractivity contribution in [1.29, 1.82) is 0 Å². The number of ether oxygens (including phenoxy) is 1. The quantitative estimate of drug-likeness (QED) is 0.529. The second kappa shape index (κ2) is 2.36. The molecule has 0 saturated heterocycles. The van der Waals surface area contributed by atoms with Crippen LogP contribution in [0.15, 0.2) is 11.3 Å². The predicted molar refractivity (Wildman–Crippen MR) is 41.0 cm³/mol. The summed E-state index contributed by atoms with van der Waals surface area (Å²) < 4.78 is 5.54. The highest BCUT2D eigenvalue weighted by atomic mass is 16.5. The molecule has 0 bridgehead atoms. The van der Waals surface area contributed by atoms with E-state index in [0.29, 0.717) is 12.2 Å². The van der Waals surface area contributed by atoms with E-state index in [0.717, 1.165) is 30.6 Å². The average molecular weight is 152 g/mol. The van der Waals surface area contributed by atoms with Gasteiger partial charge in [0, 0.05) is 18.4 Å². The monoisotopic (exact) mass is 152 g/mol. The predicted octanol–water partition coefficient (Wildman–Crippen LogP) is 1.80. The number of ketones is 1. The van der Waals surface area contributed by atoms with Crippen molar-refractivity contribution in [3.8, 4) is 0 Å². The van der Waals surface area contributed by atoms with Crippen LogP contribution in [-0.2, 0) is 9.53 Å². The van der Waals surface area contributed by atoms with Crippen LogP contribution in [0.25, 0.3) is 0 Å². The van der Waals surface area contributed by atoms with Crippen molar-refractivity contribution >= 4 is 5.78 Å². The first-order valence-corrected chi connectivity index (χ1v) is 4.19. The summed E-state index contributed by atoms with van der Waals surface area (Å²) in [5.74, 6) is 1.30. The van der Waals surface area contributed by atoms with Crippen molar-refractivity contribution in [3.63, 3.8) is 0 Å². The number of rotatable bonds is 0. The fourth-order valence-corrected chi connectivity index (χ4v) is 1.81. The maximum atomic E-state index is 11.3. The fraction of sp³-hybridized carbons (Fsp3) is 0.667. The van der Waals surface area contributed by atoms with Gasteiger partial charge in [-0.3, -0.25) is 4.79 Å². The van der Waals surface area contributed by atoms with Gasteiger partial charge in [0.15, 0.2) is 5.78 Å². The Balaban J connectivity index is 2.28. The van der Waals surface area contributed by atoms with Crippen molar-refractivity contribution in [2.24, 2.45) is 0 Å². The van der Waals surface area contributed by atoms with Crippen molar-refractivity contribution in [2.45, 2.75) is 38.7 Å². The molecule has 1 atom stereocenters. The minimum atomic E-state index is 0.111. The molecule has 1 aliphatic carbocycles. The molecule has 0 N–H and O–H groups in total. The molecule has 0 aromatic carbocycles. The van der Waals surface area contributed by atoms with Gasteiger partial charge in [0.2, 0.25) is 0 Å². The molecule has 1 aliphatic heterocycles. The van der Waals surface area contributed by atoms with Crippen LogP contribution in [0, 0.1) is 0 Å². The van der Waals surface area contributed by atoms with Crippen molar-refractivity contribution in [2.75, 3.05) is 0 Å². The van der Waals surface area contributed by atoms with Gasteiger partial charge in [-0.1, -0.05) is 0 Å². The third-order valence-electron chi connectivity index (χ3n) is 2.32. The summed E-state index contributed by atoms with van der Waals surface area (Å²) in [5.41, 5.74) is 0.975. The summed E-state index contributed by atoms with van der Waals surface area (Å²) in [6.07, 6.45) is 3.72. The van der Waals surface area contributed by atoms with E-state index in [1.165, 1.54) is 0 Å². The lowest BCUT2D eigenvalue weighted by Gasteiger charge is -2.21. The number of hydrogen-bond donors (Lipinski definition) is 0. The Morgan fingerprint density at radius 1 is 1.45 bits per heavy atom. The Kier molecular flexibility index (Phi) is 1.48. The zero-order valence-electron chi connectivity index (χ0n) is 6.72. The Bertz CT molecular complexity index is 228. The second-order valence-electron chi connectivity index (χ2n) is 3.31. The Labute approximate surface area is 66.2 Å².